The molecule has 1 N–H and O–H groups in total. The molecular weight excluding hydrogens is 180 g/mol. The molecule has 0 saturated heterocycles. The fourth-order valence-corrected chi connectivity index (χ4v) is 0.716. The highest BCUT2D eigenvalue weighted by Crippen LogP contribution is 1.79. The summed E-state index contributed by atoms with van der Waals surface area (Å²) in [4.78, 5) is 0. The summed E-state index contributed by atoms with van der Waals surface area (Å²) in [5.41, 5.74) is 3.72. The zero-order valence-electron chi connectivity index (χ0n) is 7.90. The molecule has 70 valence electrons. The third-order valence-corrected chi connectivity index (χ3v) is 1.28. The van der Waals surface area contributed by atoms with E-state index in [0.29, 0.717) is 0 Å². The molecular formula is C10H14N2S. The van der Waals surface area contributed by atoms with Crippen LogP contribution in [0.4, 0.5) is 0 Å². The van der Waals surface area contributed by atoms with Gasteiger partial charge in [-0.3, -0.25) is 5.43 Å². The van der Waals surface area contributed by atoms with Gasteiger partial charge in [0.15, 0.2) is 0 Å². The molecule has 0 radical (unpaired) electrons. The van der Waals surface area contributed by atoms with Gasteiger partial charge in [-0.2, -0.15) is 5.10 Å². The van der Waals surface area contributed by atoms with Crippen LogP contribution in [0.15, 0.2) is 41.7 Å². The molecule has 0 heterocycles. The molecule has 0 rings (SSSR count). The van der Waals surface area contributed by atoms with E-state index in [1.807, 2.05) is 38.2 Å². The molecule has 0 bridgehead atoms. The largest absolute Gasteiger partial charge is 0.286 e. The first-order valence-electron chi connectivity index (χ1n) is 4.00. The number of hydrogen-bond acceptors (Lipinski definition) is 3. The predicted octanol–water partition coefficient (Wildman–Crippen LogP) is 2.60. The van der Waals surface area contributed by atoms with E-state index in [4.69, 9.17) is 0 Å². The van der Waals surface area contributed by atoms with Gasteiger partial charge in [0.1, 0.15) is 0 Å². The molecule has 0 aliphatic rings. The van der Waals surface area contributed by atoms with Crippen molar-refractivity contribution in [2.75, 3.05) is 0 Å². The van der Waals surface area contributed by atoms with Gasteiger partial charge in [0.05, 0.1) is 5.71 Å². The lowest BCUT2D eigenvalue weighted by Gasteiger charge is -1.90. The van der Waals surface area contributed by atoms with E-state index in [1.54, 1.807) is 17.6 Å². The second kappa shape index (κ2) is 8.87. The van der Waals surface area contributed by atoms with E-state index >= 15 is 0 Å². The number of thiocarbonyl (C=S) groups is 1. The first-order valence-corrected chi connectivity index (χ1v) is 4.48. The van der Waals surface area contributed by atoms with Gasteiger partial charge in [-0.05, 0) is 26.0 Å². The van der Waals surface area contributed by atoms with Crippen LogP contribution in [0.1, 0.15) is 13.8 Å². The lowest BCUT2D eigenvalue weighted by molar-refractivity contribution is 0.967. The Hall–Kier alpha value is -1.22. The van der Waals surface area contributed by atoms with Crippen LogP contribution in [0.5, 0.6) is 0 Å². The minimum absolute atomic E-state index is 0.936. The van der Waals surface area contributed by atoms with Crippen molar-refractivity contribution >= 4 is 23.3 Å². The maximum atomic E-state index is 4.60. The Morgan fingerprint density at radius 1 is 1.31 bits per heavy atom. The first-order chi connectivity index (χ1) is 6.31. The average Bonchev–Trinajstić information content (AvgIpc) is 2.11. The second-order valence-corrected chi connectivity index (χ2v) is 2.53. The van der Waals surface area contributed by atoms with Crippen LogP contribution in [-0.2, 0) is 0 Å². The van der Waals surface area contributed by atoms with E-state index in [2.05, 4.69) is 22.7 Å². The summed E-state index contributed by atoms with van der Waals surface area (Å²) in [5, 5.41) is 5.59. The number of nitrogens with one attached hydrogen (secondary N) is 1. The molecule has 0 fully saturated rings. The summed E-state index contributed by atoms with van der Waals surface area (Å²) in [5.74, 6) is 0. The summed E-state index contributed by atoms with van der Waals surface area (Å²) in [6, 6.07) is 0. The second-order valence-electron chi connectivity index (χ2n) is 2.26. The molecule has 0 spiro atoms. The van der Waals surface area contributed by atoms with Crippen LogP contribution in [-0.4, -0.2) is 11.1 Å². The molecule has 0 amide bonds. The number of rotatable bonds is 5. The average molecular weight is 194 g/mol. The Labute approximate surface area is 84.7 Å². The quantitative estimate of drug-likeness (QED) is 0.239. The Bertz CT molecular complexity index is 250. The number of hydrogen-bond donors (Lipinski definition) is 1. The van der Waals surface area contributed by atoms with Crippen LogP contribution < -0.4 is 5.43 Å². The molecule has 0 aromatic rings. The maximum absolute atomic E-state index is 4.60. The van der Waals surface area contributed by atoms with Crippen LogP contribution >= 0.6 is 12.2 Å². The topological polar surface area (TPSA) is 24.4 Å². The first kappa shape index (κ1) is 11.8. The maximum Gasteiger partial charge on any atom is 0.0572 e. The van der Waals surface area contributed by atoms with Crippen LogP contribution in [0.25, 0.3) is 0 Å². The summed E-state index contributed by atoms with van der Waals surface area (Å²) >= 11 is 4.60. The van der Waals surface area contributed by atoms with E-state index in [0.717, 1.165) is 5.71 Å². The van der Waals surface area contributed by atoms with Gasteiger partial charge >= 0.3 is 0 Å². The van der Waals surface area contributed by atoms with Crippen molar-refractivity contribution in [3.63, 3.8) is 0 Å². The molecule has 0 aliphatic heterocycles. The molecule has 0 unspecified atom stereocenters. The zero-order chi connectivity index (χ0) is 9.94. The van der Waals surface area contributed by atoms with Crippen molar-refractivity contribution in [1.29, 1.82) is 0 Å². The van der Waals surface area contributed by atoms with Crippen molar-refractivity contribution in [3.8, 4) is 0 Å². The van der Waals surface area contributed by atoms with Gasteiger partial charge in [0.2, 0.25) is 0 Å². The van der Waals surface area contributed by atoms with Crippen molar-refractivity contribution in [2.24, 2.45) is 5.10 Å². The lowest BCUT2D eigenvalue weighted by Crippen LogP contribution is -1.97. The smallest absolute Gasteiger partial charge is 0.0572 e. The Balaban J connectivity index is 3.77. The monoisotopic (exact) mass is 194 g/mol. The van der Waals surface area contributed by atoms with Gasteiger partial charge in [-0.1, -0.05) is 30.4 Å². The van der Waals surface area contributed by atoms with Gasteiger partial charge in [0.25, 0.3) is 0 Å². The molecule has 0 saturated carbocycles. The standard InChI is InChI=1S/C10H14N2S/c1-3-7-10(2)12-11-8-5-4-6-9-13/h3-9,11H,1-2H3/b6-4?,7-3-,8-5?,12-10+. The van der Waals surface area contributed by atoms with Crippen molar-refractivity contribution in [2.45, 2.75) is 13.8 Å². The highest BCUT2D eigenvalue weighted by Gasteiger charge is 1.77. The van der Waals surface area contributed by atoms with Gasteiger partial charge < -0.3 is 0 Å². The summed E-state index contributed by atoms with van der Waals surface area (Å²) in [6.07, 6.45) is 11.0. The van der Waals surface area contributed by atoms with Crippen molar-refractivity contribution < 1.29 is 0 Å². The van der Waals surface area contributed by atoms with Gasteiger partial charge in [-0.15, -0.1) is 0 Å². The number of allylic oxidation sites excluding steroid dienone is 5. The molecule has 13 heavy (non-hydrogen) atoms. The summed E-state index contributed by atoms with van der Waals surface area (Å²) in [6.45, 7) is 3.88. The normalized spacial score (nSPS) is 13.2. The molecule has 2 nitrogen and oxygen atoms in total. The van der Waals surface area contributed by atoms with E-state index in [9.17, 15) is 0 Å². The Morgan fingerprint density at radius 2 is 2.08 bits per heavy atom. The van der Waals surface area contributed by atoms with E-state index < -0.39 is 0 Å². The van der Waals surface area contributed by atoms with Crippen molar-refractivity contribution in [3.05, 3.63) is 36.6 Å². The Morgan fingerprint density at radius 3 is 2.69 bits per heavy atom. The lowest BCUT2D eigenvalue weighted by atomic mass is 10.4. The van der Waals surface area contributed by atoms with Crippen LogP contribution in [0.2, 0.25) is 0 Å². The van der Waals surface area contributed by atoms with Crippen LogP contribution in [0.3, 0.4) is 0 Å². The summed E-state index contributed by atoms with van der Waals surface area (Å²) in [7, 11) is 0. The number of nitrogens with zero attached hydrogens (tertiary/aromatic N) is 1. The van der Waals surface area contributed by atoms with E-state index in [1.165, 1.54) is 0 Å². The van der Waals surface area contributed by atoms with Gasteiger partial charge in [-0.25, -0.2) is 0 Å². The molecule has 3 heteroatoms. The van der Waals surface area contributed by atoms with Crippen LogP contribution in [0, 0.1) is 0 Å². The molecule has 0 aliphatic carbocycles. The third-order valence-electron chi connectivity index (χ3n) is 1.12. The predicted molar refractivity (Wildman–Crippen MR) is 63.0 cm³/mol. The molecule has 0 aromatic carbocycles. The minimum Gasteiger partial charge on any atom is -0.286 e. The Kier molecular flexibility index (Phi) is 8.04. The molecule has 0 atom stereocenters. The van der Waals surface area contributed by atoms with Gasteiger partial charge in [0, 0.05) is 11.6 Å². The highest BCUT2D eigenvalue weighted by atomic mass is 32.1. The number of hydrazone groups is 1. The third kappa shape index (κ3) is 8.69. The summed E-state index contributed by atoms with van der Waals surface area (Å²) < 4.78 is 0. The highest BCUT2D eigenvalue weighted by molar-refractivity contribution is 7.79. The minimum atomic E-state index is 0.936. The van der Waals surface area contributed by atoms with E-state index in [-0.39, 0.29) is 0 Å². The SMILES string of the molecule is C/C=C\C(C)=N\NC=CC=CC=S. The zero-order valence-corrected chi connectivity index (χ0v) is 8.71. The fourth-order valence-electron chi connectivity index (χ4n) is 0.626. The fraction of sp³-hybridized carbons (Fsp3) is 0.200. The molecule has 0 aromatic heterocycles. The van der Waals surface area contributed by atoms with Crippen molar-refractivity contribution in [1.82, 2.24) is 5.43 Å².